The minimum absolute atomic E-state index is 0.0616. The molecule has 0 aliphatic carbocycles. The first-order valence-corrected chi connectivity index (χ1v) is 11.2. The summed E-state index contributed by atoms with van der Waals surface area (Å²) in [6.07, 6.45) is 4.76. The molecule has 32 heavy (non-hydrogen) atoms. The first-order chi connectivity index (χ1) is 15.6. The lowest BCUT2D eigenvalue weighted by Gasteiger charge is -2.35. The second kappa shape index (κ2) is 10.1. The zero-order valence-electron chi connectivity index (χ0n) is 18.7. The van der Waals surface area contributed by atoms with E-state index in [1.807, 2.05) is 36.1 Å². The highest BCUT2D eigenvalue weighted by molar-refractivity contribution is 5.95. The van der Waals surface area contributed by atoms with Crippen LogP contribution in [0.2, 0.25) is 0 Å². The zero-order chi connectivity index (χ0) is 22.5. The van der Waals surface area contributed by atoms with Crippen LogP contribution in [-0.2, 0) is 16.0 Å². The van der Waals surface area contributed by atoms with Crippen molar-refractivity contribution < 1.29 is 19.1 Å². The molecule has 0 spiro atoms. The van der Waals surface area contributed by atoms with Gasteiger partial charge in [0.15, 0.2) is 5.82 Å². The van der Waals surface area contributed by atoms with E-state index < -0.39 is 0 Å². The van der Waals surface area contributed by atoms with Gasteiger partial charge in [-0.05, 0) is 43.9 Å². The van der Waals surface area contributed by atoms with Gasteiger partial charge in [-0.3, -0.25) is 9.59 Å². The van der Waals surface area contributed by atoms with Crippen molar-refractivity contribution in [3.8, 4) is 5.75 Å². The molecule has 2 amide bonds. The van der Waals surface area contributed by atoms with Crippen LogP contribution in [0.5, 0.6) is 5.75 Å². The average Bonchev–Trinajstić information content (AvgIpc) is 2.84. The molecule has 3 heterocycles. The Labute approximate surface area is 188 Å². The number of benzene rings is 1. The molecule has 0 bridgehead atoms. The Bertz CT molecular complexity index is 957. The van der Waals surface area contributed by atoms with Crippen molar-refractivity contribution in [1.82, 2.24) is 19.8 Å². The molecular formula is C24H30N4O4. The van der Waals surface area contributed by atoms with Gasteiger partial charge in [0.2, 0.25) is 5.91 Å². The largest absolute Gasteiger partial charge is 0.497 e. The molecule has 0 N–H and O–H groups in total. The topological polar surface area (TPSA) is 84.9 Å². The molecule has 1 atom stereocenters. The number of morpholine rings is 1. The van der Waals surface area contributed by atoms with Crippen molar-refractivity contribution in [1.29, 1.82) is 0 Å². The maximum atomic E-state index is 13.1. The Morgan fingerprint density at radius 2 is 1.88 bits per heavy atom. The van der Waals surface area contributed by atoms with Gasteiger partial charge in [0.25, 0.3) is 5.91 Å². The highest BCUT2D eigenvalue weighted by Gasteiger charge is 2.31. The Morgan fingerprint density at radius 3 is 2.56 bits per heavy atom. The van der Waals surface area contributed by atoms with Crippen molar-refractivity contribution in [2.45, 2.75) is 38.6 Å². The molecule has 0 unspecified atom stereocenters. The van der Waals surface area contributed by atoms with Gasteiger partial charge in [-0.1, -0.05) is 12.1 Å². The normalized spacial score (nSPS) is 19.0. The van der Waals surface area contributed by atoms with Crippen LogP contribution in [0.4, 0.5) is 0 Å². The summed E-state index contributed by atoms with van der Waals surface area (Å²) in [4.78, 5) is 38.9. The van der Waals surface area contributed by atoms with Gasteiger partial charge >= 0.3 is 0 Å². The molecule has 0 radical (unpaired) electrons. The van der Waals surface area contributed by atoms with E-state index in [2.05, 4.69) is 9.97 Å². The summed E-state index contributed by atoms with van der Waals surface area (Å²) in [7, 11) is 1.63. The quantitative estimate of drug-likeness (QED) is 0.713. The van der Waals surface area contributed by atoms with Gasteiger partial charge < -0.3 is 19.3 Å². The fourth-order valence-corrected chi connectivity index (χ4v) is 4.31. The van der Waals surface area contributed by atoms with Crippen LogP contribution in [0.1, 0.15) is 52.7 Å². The Balaban J connectivity index is 1.49. The van der Waals surface area contributed by atoms with Gasteiger partial charge in [-0.25, -0.2) is 9.97 Å². The third kappa shape index (κ3) is 4.91. The van der Waals surface area contributed by atoms with E-state index in [9.17, 15) is 9.59 Å². The summed E-state index contributed by atoms with van der Waals surface area (Å²) in [5, 5.41) is 0. The second-order valence-corrected chi connectivity index (χ2v) is 8.26. The number of methoxy groups -OCH3 is 1. The number of aromatic nitrogens is 2. The van der Waals surface area contributed by atoms with E-state index in [1.165, 1.54) is 0 Å². The molecule has 2 aromatic rings. The molecule has 4 rings (SSSR count). The molecule has 2 aliphatic heterocycles. The third-order valence-corrected chi connectivity index (χ3v) is 6.16. The lowest BCUT2D eigenvalue weighted by Crippen LogP contribution is -2.41. The lowest BCUT2D eigenvalue weighted by atomic mass is 9.99. The van der Waals surface area contributed by atoms with Crippen LogP contribution in [0.25, 0.3) is 0 Å². The number of piperidine rings is 1. The number of rotatable bonds is 5. The Morgan fingerprint density at radius 1 is 1.12 bits per heavy atom. The van der Waals surface area contributed by atoms with Gasteiger partial charge in [-0.15, -0.1) is 0 Å². The minimum Gasteiger partial charge on any atom is -0.497 e. The Hall–Kier alpha value is -3.00. The predicted molar refractivity (Wildman–Crippen MR) is 118 cm³/mol. The number of nitrogens with zero attached hydrogens (tertiary/aromatic N) is 4. The van der Waals surface area contributed by atoms with Crippen molar-refractivity contribution in [2.24, 2.45) is 0 Å². The van der Waals surface area contributed by atoms with Gasteiger partial charge in [0.05, 0.1) is 44.0 Å². The first kappa shape index (κ1) is 22.2. The molecule has 170 valence electrons. The molecule has 0 saturated carbocycles. The summed E-state index contributed by atoms with van der Waals surface area (Å²) < 4.78 is 10.5. The molecule has 2 saturated heterocycles. The number of hydrogen-bond donors (Lipinski definition) is 0. The van der Waals surface area contributed by atoms with E-state index in [0.717, 1.165) is 30.6 Å². The fraction of sp³-hybridized carbons (Fsp3) is 0.500. The lowest BCUT2D eigenvalue weighted by molar-refractivity contribution is -0.134. The molecule has 8 nitrogen and oxygen atoms in total. The number of likely N-dealkylation sites (tertiary alicyclic amines) is 1. The maximum absolute atomic E-state index is 13.1. The number of hydrogen-bond acceptors (Lipinski definition) is 6. The van der Waals surface area contributed by atoms with E-state index in [4.69, 9.17) is 9.47 Å². The highest BCUT2D eigenvalue weighted by atomic mass is 16.5. The Kier molecular flexibility index (Phi) is 6.99. The van der Waals surface area contributed by atoms with Gasteiger partial charge in [0.1, 0.15) is 5.75 Å². The molecular weight excluding hydrogens is 408 g/mol. The first-order valence-electron chi connectivity index (χ1n) is 11.2. The number of carbonyl (C=O) groups excluding carboxylic acids is 2. The van der Waals surface area contributed by atoms with Gasteiger partial charge in [-0.2, -0.15) is 0 Å². The van der Waals surface area contributed by atoms with Crippen molar-refractivity contribution in [3.05, 3.63) is 53.1 Å². The van der Waals surface area contributed by atoms with Crippen LogP contribution in [0.15, 0.2) is 30.5 Å². The van der Waals surface area contributed by atoms with Crippen LogP contribution in [0.3, 0.4) is 0 Å². The monoisotopic (exact) mass is 438 g/mol. The second-order valence-electron chi connectivity index (χ2n) is 8.26. The zero-order valence-corrected chi connectivity index (χ0v) is 18.7. The van der Waals surface area contributed by atoms with Crippen molar-refractivity contribution in [2.75, 3.05) is 40.0 Å². The van der Waals surface area contributed by atoms with E-state index >= 15 is 0 Å². The maximum Gasteiger partial charge on any atom is 0.257 e. The molecule has 2 fully saturated rings. The van der Waals surface area contributed by atoms with Gasteiger partial charge in [0, 0.05) is 25.8 Å². The van der Waals surface area contributed by atoms with E-state index in [1.54, 1.807) is 18.2 Å². The molecule has 1 aromatic heterocycles. The number of amides is 2. The number of aryl methyl sites for hydroxylation is 1. The average molecular weight is 439 g/mol. The van der Waals surface area contributed by atoms with Crippen LogP contribution in [-0.4, -0.2) is 71.5 Å². The van der Waals surface area contributed by atoms with Crippen molar-refractivity contribution in [3.63, 3.8) is 0 Å². The minimum atomic E-state index is -0.166. The van der Waals surface area contributed by atoms with Crippen LogP contribution in [0, 0.1) is 6.92 Å². The van der Waals surface area contributed by atoms with E-state index in [-0.39, 0.29) is 17.9 Å². The summed E-state index contributed by atoms with van der Waals surface area (Å²) in [6.45, 7) is 4.79. The number of ether oxygens (including phenoxy) is 2. The SMILES string of the molecule is COc1ccc(CC(=O)N2CCCC[C@H]2c2ncc(C(=O)N3CCOCC3)c(C)n2)cc1. The summed E-state index contributed by atoms with van der Waals surface area (Å²) in [5.41, 5.74) is 2.12. The highest BCUT2D eigenvalue weighted by Crippen LogP contribution is 2.30. The van der Waals surface area contributed by atoms with Crippen LogP contribution < -0.4 is 4.74 Å². The smallest absolute Gasteiger partial charge is 0.257 e. The summed E-state index contributed by atoms with van der Waals surface area (Å²) in [5.74, 6) is 1.39. The van der Waals surface area contributed by atoms with Crippen LogP contribution >= 0.6 is 0 Å². The third-order valence-electron chi connectivity index (χ3n) is 6.16. The number of carbonyl (C=O) groups is 2. The predicted octanol–water partition coefficient (Wildman–Crippen LogP) is 2.56. The fourth-order valence-electron chi connectivity index (χ4n) is 4.31. The molecule has 1 aromatic carbocycles. The van der Waals surface area contributed by atoms with E-state index in [0.29, 0.717) is 56.4 Å². The molecule has 8 heteroatoms. The summed E-state index contributed by atoms with van der Waals surface area (Å²) >= 11 is 0. The standard InChI is InChI=1S/C24H30N4O4/c1-17-20(24(30)27-11-13-32-14-12-27)16-25-23(26-17)21-5-3-4-10-28(21)22(29)15-18-6-8-19(31-2)9-7-18/h6-9,16,21H,3-5,10-15H2,1-2H3/t21-/m0/s1. The molecule has 2 aliphatic rings. The van der Waals surface area contributed by atoms with Crippen molar-refractivity contribution >= 4 is 11.8 Å². The summed E-state index contributed by atoms with van der Waals surface area (Å²) in [6, 6.07) is 7.41.